The van der Waals surface area contributed by atoms with Gasteiger partial charge in [0.1, 0.15) is 0 Å². The quantitative estimate of drug-likeness (QED) is 0.674. The van der Waals surface area contributed by atoms with Gasteiger partial charge in [-0.25, -0.2) is 0 Å². The van der Waals surface area contributed by atoms with Crippen molar-refractivity contribution in [3.8, 4) is 0 Å². The van der Waals surface area contributed by atoms with Gasteiger partial charge in [-0.1, -0.05) is 40.9 Å². The molecular weight excluding hydrogens is 396 g/mol. The number of amides is 1. The lowest BCUT2D eigenvalue weighted by Gasteiger charge is -2.15. The van der Waals surface area contributed by atoms with Crippen molar-refractivity contribution in [2.75, 3.05) is 0 Å². The fraction of sp³-hybridized carbons (Fsp3) is 0.133. The fourth-order valence-corrected chi connectivity index (χ4v) is 2.98. The molecule has 6 heteroatoms. The standard InChI is InChI=1S/C15H11BrCl3NO/c1-8(9-2-5-13(18)14(19)6-9)20-15(21)11-4-3-10(17)7-12(11)16/h2-8H,1H3,(H,20,21). The third kappa shape index (κ3) is 4.13. The summed E-state index contributed by atoms with van der Waals surface area (Å²) >= 11 is 21.1. The van der Waals surface area contributed by atoms with Gasteiger partial charge in [0.15, 0.2) is 0 Å². The molecule has 0 saturated heterocycles. The molecule has 2 rings (SSSR count). The Hall–Kier alpha value is -0.740. The van der Waals surface area contributed by atoms with Crippen molar-refractivity contribution in [3.05, 3.63) is 67.1 Å². The van der Waals surface area contributed by atoms with Gasteiger partial charge in [0.2, 0.25) is 0 Å². The second-order valence-corrected chi connectivity index (χ2v) is 6.60. The monoisotopic (exact) mass is 405 g/mol. The third-order valence-electron chi connectivity index (χ3n) is 2.97. The lowest BCUT2D eigenvalue weighted by atomic mass is 10.1. The highest BCUT2D eigenvalue weighted by molar-refractivity contribution is 9.10. The lowest BCUT2D eigenvalue weighted by Crippen LogP contribution is -2.26. The first-order valence-corrected chi connectivity index (χ1v) is 8.02. The van der Waals surface area contributed by atoms with Crippen LogP contribution >= 0.6 is 50.7 Å². The third-order valence-corrected chi connectivity index (χ3v) is 4.60. The molecule has 1 amide bonds. The van der Waals surface area contributed by atoms with Crippen molar-refractivity contribution in [1.29, 1.82) is 0 Å². The maximum atomic E-state index is 12.3. The van der Waals surface area contributed by atoms with E-state index in [1.807, 2.05) is 13.0 Å². The van der Waals surface area contributed by atoms with Crippen LogP contribution in [0.1, 0.15) is 28.9 Å². The first kappa shape index (κ1) is 16.6. The molecule has 0 aromatic heterocycles. The number of benzene rings is 2. The van der Waals surface area contributed by atoms with Crippen LogP contribution in [0.3, 0.4) is 0 Å². The van der Waals surface area contributed by atoms with Gasteiger partial charge in [0, 0.05) is 9.50 Å². The summed E-state index contributed by atoms with van der Waals surface area (Å²) in [4.78, 5) is 12.3. The van der Waals surface area contributed by atoms with Crippen LogP contribution < -0.4 is 5.32 Å². The maximum absolute atomic E-state index is 12.3. The Kier molecular flexibility index (Phi) is 5.55. The van der Waals surface area contributed by atoms with Crippen LogP contribution in [0.4, 0.5) is 0 Å². The van der Waals surface area contributed by atoms with E-state index in [0.717, 1.165) is 5.56 Å². The molecular formula is C15H11BrCl3NO. The molecule has 0 aliphatic heterocycles. The van der Waals surface area contributed by atoms with E-state index in [1.165, 1.54) is 0 Å². The molecule has 0 fully saturated rings. The van der Waals surface area contributed by atoms with E-state index < -0.39 is 0 Å². The molecule has 1 unspecified atom stereocenters. The predicted octanol–water partition coefficient (Wildman–Crippen LogP) is 5.90. The SMILES string of the molecule is CC(NC(=O)c1ccc(Cl)cc1Br)c1ccc(Cl)c(Cl)c1. The molecule has 0 saturated carbocycles. The van der Waals surface area contributed by atoms with Crippen LogP contribution in [0.5, 0.6) is 0 Å². The van der Waals surface area contributed by atoms with Crippen LogP contribution in [0.25, 0.3) is 0 Å². The summed E-state index contributed by atoms with van der Waals surface area (Å²) < 4.78 is 0.647. The predicted molar refractivity (Wildman–Crippen MR) is 91.5 cm³/mol. The van der Waals surface area contributed by atoms with Crippen molar-refractivity contribution < 1.29 is 4.79 Å². The Bertz CT molecular complexity index is 691. The van der Waals surface area contributed by atoms with Gasteiger partial charge < -0.3 is 5.32 Å². The molecule has 2 nitrogen and oxygen atoms in total. The smallest absolute Gasteiger partial charge is 0.252 e. The maximum Gasteiger partial charge on any atom is 0.252 e. The van der Waals surface area contributed by atoms with Crippen molar-refractivity contribution in [2.45, 2.75) is 13.0 Å². The summed E-state index contributed by atoms with van der Waals surface area (Å²) in [5, 5.41) is 4.42. The van der Waals surface area contributed by atoms with Crippen molar-refractivity contribution in [1.82, 2.24) is 5.32 Å². The van der Waals surface area contributed by atoms with Crippen molar-refractivity contribution >= 4 is 56.6 Å². The van der Waals surface area contributed by atoms with Crippen LogP contribution in [0.2, 0.25) is 15.1 Å². The molecule has 0 heterocycles. The van der Waals surface area contributed by atoms with E-state index in [1.54, 1.807) is 30.3 Å². The van der Waals surface area contributed by atoms with Gasteiger partial charge in [-0.2, -0.15) is 0 Å². The van der Waals surface area contributed by atoms with E-state index in [-0.39, 0.29) is 11.9 Å². The summed E-state index contributed by atoms with van der Waals surface area (Å²) in [6.45, 7) is 1.88. The van der Waals surface area contributed by atoms with Crippen molar-refractivity contribution in [2.24, 2.45) is 0 Å². The van der Waals surface area contributed by atoms with Gasteiger partial charge in [0.25, 0.3) is 5.91 Å². The van der Waals surface area contributed by atoms with Crippen LogP contribution in [0.15, 0.2) is 40.9 Å². The largest absolute Gasteiger partial charge is 0.345 e. The molecule has 0 aliphatic carbocycles. The zero-order valence-electron chi connectivity index (χ0n) is 11.0. The number of carbonyl (C=O) groups excluding carboxylic acids is 1. The lowest BCUT2D eigenvalue weighted by molar-refractivity contribution is 0.0939. The molecule has 0 bridgehead atoms. The van der Waals surface area contributed by atoms with E-state index in [9.17, 15) is 4.79 Å². The number of nitrogens with one attached hydrogen (secondary N) is 1. The van der Waals surface area contributed by atoms with Gasteiger partial charge in [-0.15, -0.1) is 0 Å². The molecule has 0 aliphatic rings. The van der Waals surface area contributed by atoms with Gasteiger partial charge >= 0.3 is 0 Å². The second kappa shape index (κ2) is 7.01. The molecule has 1 N–H and O–H groups in total. The molecule has 21 heavy (non-hydrogen) atoms. The first-order chi connectivity index (χ1) is 9.88. The Morgan fingerprint density at radius 3 is 2.43 bits per heavy atom. The fourth-order valence-electron chi connectivity index (χ4n) is 1.81. The van der Waals surface area contributed by atoms with Crippen LogP contribution in [-0.4, -0.2) is 5.91 Å². The Balaban J connectivity index is 2.16. The number of rotatable bonds is 3. The number of hydrogen-bond acceptors (Lipinski definition) is 1. The van der Waals surface area contributed by atoms with Gasteiger partial charge in [-0.3, -0.25) is 4.79 Å². The van der Waals surface area contributed by atoms with Crippen LogP contribution in [-0.2, 0) is 0 Å². The normalized spacial score (nSPS) is 12.0. The summed E-state index contributed by atoms with van der Waals surface area (Å²) in [6.07, 6.45) is 0. The minimum atomic E-state index is -0.199. The summed E-state index contributed by atoms with van der Waals surface area (Å²) in [6, 6.07) is 10.1. The molecule has 0 radical (unpaired) electrons. The highest BCUT2D eigenvalue weighted by atomic mass is 79.9. The van der Waals surface area contributed by atoms with E-state index in [4.69, 9.17) is 34.8 Å². The molecule has 1 atom stereocenters. The Morgan fingerprint density at radius 2 is 1.81 bits per heavy atom. The minimum absolute atomic E-state index is 0.197. The average molecular weight is 408 g/mol. The van der Waals surface area contributed by atoms with E-state index >= 15 is 0 Å². The summed E-state index contributed by atoms with van der Waals surface area (Å²) in [7, 11) is 0. The Morgan fingerprint density at radius 1 is 1.10 bits per heavy atom. The Labute approximate surface area is 146 Å². The average Bonchev–Trinajstić information content (AvgIpc) is 2.41. The summed E-state index contributed by atoms with van der Waals surface area (Å²) in [5.74, 6) is -0.197. The highest BCUT2D eigenvalue weighted by Gasteiger charge is 2.15. The number of hydrogen-bond donors (Lipinski definition) is 1. The van der Waals surface area contributed by atoms with Gasteiger partial charge in [0.05, 0.1) is 21.7 Å². The topological polar surface area (TPSA) is 29.1 Å². The minimum Gasteiger partial charge on any atom is -0.345 e. The molecule has 110 valence electrons. The number of carbonyl (C=O) groups is 1. The molecule has 2 aromatic rings. The van der Waals surface area contributed by atoms with E-state index in [0.29, 0.717) is 25.1 Å². The van der Waals surface area contributed by atoms with Crippen LogP contribution in [0, 0.1) is 0 Å². The molecule has 2 aromatic carbocycles. The number of halogens is 4. The zero-order valence-corrected chi connectivity index (χ0v) is 14.8. The molecule has 0 spiro atoms. The zero-order chi connectivity index (χ0) is 15.6. The highest BCUT2D eigenvalue weighted by Crippen LogP contribution is 2.26. The van der Waals surface area contributed by atoms with Crippen molar-refractivity contribution in [3.63, 3.8) is 0 Å². The summed E-state index contributed by atoms with van der Waals surface area (Å²) in [5.41, 5.74) is 1.40. The second-order valence-electron chi connectivity index (χ2n) is 4.49. The first-order valence-electron chi connectivity index (χ1n) is 6.09. The van der Waals surface area contributed by atoms with E-state index in [2.05, 4.69) is 21.2 Å². The van der Waals surface area contributed by atoms with Gasteiger partial charge in [-0.05, 0) is 58.7 Å².